The van der Waals surface area contributed by atoms with Crippen molar-refractivity contribution in [3.05, 3.63) is 6.07 Å². The van der Waals surface area contributed by atoms with Crippen molar-refractivity contribution in [1.29, 1.82) is 0 Å². The monoisotopic (exact) mass is 252 g/mol. The maximum atomic E-state index is 10.7. The minimum atomic E-state index is -4.73. The first-order valence-electron chi connectivity index (χ1n) is 3.79. The summed E-state index contributed by atoms with van der Waals surface area (Å²) >= 11 is 0. The minimum Gasteiger partial charge on any atom is -0.492 e. The van der Waals surface area contributed by atoms with E-state index in [1.165, 1.54) is 0 Å². The van der Waals surface area contributed by atoms with Crippen molar-refractivity contribution in [2.45, 2.75) is 4.90 Å². The van der Waals surface area contributed by atoms with Crippen molar-refractivity contribution in [2.75, 3.05) is 6.54 Å². The molecule has 1 rings (SSSR count). The van der Waals surface area contributed by atoms with E-state index in [0.717, 1.165) is 0 Å². The number of carbonyl (C=O) groups excluding carboxylic acids is 1. The van der Waals surface area contributed by atoms with Crippen molar-refractivity contribution in [3.8, 4) is 11.8 Å². The summed E-state index contributed by atoms with van der Waals surface area (Å²) in [7, 11) is -4.73. The summed E-state index contributed by atoms with van der Waals surface area (Å²) in [5.74, 6) is -3.04. The Balaban J connectivity index is 3.23. The molecule has 0 spiro atoms. The van der Waals surface area contributed by atoms with Gasteiger partial charge in [0.2, 0.25) is 5.88 Å². The van der Waals surface area contributed by atoms with Crippen molar-refractivity contribution in [3.63, 3.8) is 0 Å². The molecule has 1 aromatic rings. The lowest BCUT2D eigenvalue weighted by Gasteiger charge is -2.04. The molecule has 0 aliphatic rings. The van der Waals surface area contributed by atoms with Crippen LogP contribution in [0.1, 0.15) is 0 Å². The van der Waals surface area contributed by atoms with Gasteiger partial charge in [-0.05, 0) is 0 Å². The molecule has 0 unspecified atom stereocenters. The summed E-state index contributed by atoms with van der Waals surface area (Å²) in [5, 5.41) is 18.4. The minimum absolute atomic E-state index is 0.123. The third-order valence-corrected chi connectivity index (χ3v) is 2.37. The Bertz CT molecular complexity index is 517. The number of hydrogen-bond acceptors (Lipinski definition) is 7. The largest absolute Gasteiger partial charge is 0.492 e. The SMILES string of the molecule is NCC(=O)On1c(O)cc(S(=O)(=O)O)c1O. The molecule has 1 aromatic heterocycles. The van der Waals surface area contributed by atoms with Crippen LogP contribution in [0.5, 0.6) is 11.8 Å². The van der Waals surface area contributed by atoms with Gasteiger partial charge >= 0.3 is 5.97 Å². The summed E-state index contributed by atoms with van der Waals surface area (Å²) in [4.78, 5) is 14.0. The highest BCUT2D eigenvalue weighted by atomic mass is 32.2. The second kappa shape index (κ2) is 4.00. The highest BCUT2D eigenvalue weighted by molar-refractivity contribution is 7.86. The lowest BCUT2D eigenvalue weighted by atomic mass is 10.6. The Labute approximate surface area is 89.4 Å². The van der Waals surface area contributed by atoms with Crippen LogP contribution in [0.25, 0.3) is 0 Å². The Morgan fingerprint density at radius 3 is 2.44 bits per heavy atom. The standard InChI is InChI=1S/C6H8N2O7S/c7-2-5(10)15-8-4(9)1-3(6(8)11)16(12,13)14/h1,9,11H,2,7H2,(H,12,13,14). The van der Waals surface area contributed by atoms with Gasteiger partial charge in [-0.15, -0.1) is 4.73 Å². The Morgan fingerprint density at radius 2 is 2.06 bits per heavy atom. The van der Waals surface area contributed by atoms with E-state index in [-0.39, 0.29) is 4.73 Å². The van der Waals surface area contributed by atoms with E-state index in [4.69, 9.17) is 15.4 Å². The third kappa shape index (κ3) is 2.24. The smallest absolute Gasteiger partial charge is 0.346 e. The average Bonchev–Trinajstić information content (AvgIpc) is 2.44. The molecule has 0 fully saturated rings. The zero-order valence-electron chi connectivity index (χ0n) is 7.69. The van der Waals surface area contributed by atoms with Gasteiger partial charge in [-0.2, -0.15) is 8.42 Å². The first-order chi connectivity index (χ1) is 7.27. The predicted molar refractivity (Wildman–Crippen MR) is 48.2 cm³/mol. The van der Waals surface area contributed by atoms with Gasteiger partial charge in [-0.25, -0.2) is 4.79 Å². The summed E-state index contributed by atoms with van der Waals surface area (Å²) in [6.45, 7) is -0.543. The molecule has 0 amide bonds. The second-order valence-corrected chi connectivity index (χ2v) is 4.02. The van der Waals surface area contributed by atoms with Crippen molar-refractivity contribution >= 4 is 16.1 Å². The zero-order chi connectivity index (χ0) is 12.5. The molecule has 1 heterocycles. The number of aromatic hydroxyl groups is 2. The molecule has 5 N–H and O–H groups in total. The molecule has 10 heteroatoms. The van der Waals surface area contributed by atoms with Crippen LogP contribution in [0.4, 0.5) is 0 Å². The normalized spacial score (nSPS) is 11.4. The highest BCUT2D eigenvalue weighted by Crippen LogP contribution is 2.29. The van der Waals surface area contributed by atoms with E-state index in [1.807, 2.05) is 0 Å². The van der Waals surface area contributed by atoms with Crippen molar-refractivity contribution in [2.24, 2.45) is 5.73 Å². The van der Waals surface area contributed by atoms with Crippen LogP contribution in [0.2, 0.25) is 0 Å². The molecule has 0 saturated heterocycles. The van der Waals surface area contributed by atoms with Crippen LogP contribution in [-0.2, 0) is 14.9 Å². The molecule has 0 aliphatic carbocycles. The average molecular weight is 252 g/mol. The van der Waals surface area contributed by atoms with Crippen molar-refractivity contribution < 1.29 is 32.8 Å². The van der Waals surface area contributed by atoms with Gasteiger partial charge in [0.25, 0.3) is 16.0 Å². The van der Waals surface area contributed by atoms with Gasteiger partial charge in [0, 0.05) is 6.07 Å². The van der Waals surface area contributed by atoms with Crippen LogP contribution in [0.15, 0.2) is 11.0 Å². The lowest BCUT2D eigenvalue weighted by molar-refractivity contribution is -0.143. The molecule has 90 valence electrons. The van der Waals surface area contributed by atoms with Gasteiger partial charge in [0.15, 0.2) is 4.90 Å². The predicted octanol–water partition coefficient (Wildman–Crippen LogP) is -1.94. The van der Waals surface area contributed by atoms with E-state index in [2.05, 4.69) is 4.84 Å². The number of hydrogen-bond donors (Lipinski definition) is 4. The number of nitrogens with zero attached hydrogens (tertiary/aromatic N) is 1. The molecule has 0 saturated carbocycles. The Hall–Kier alpha value is -1.78. The molecule has 9 nitrogen and oxygen atoms in total. The molecule has 16 heavy (non-hydrogen) atoms. The van der Waals surface area contributed by atoms with E-state index >= 15 is 0 Å². The number of carbonyl (C=O) groups is 1. The maximum Gasteiger partial charge on any atom is 0.346 e. The van der Waals surface area contributed by atoms with Crippen molar-refractivity contribution in [1.82, 2.24) is 4.73 Å². The van der Waals surface area contributed by atoms with E-state index in [9.17, 15) is 18.3 Å². The Kier molecular flexibility index (Phi) is 3.07. The van der Waals surface area contributed by atoms with Gasteiger partial charge in [-0.3, -0.25) is 4.55 Å². The Morgan fingerprint density at radius 1 is 1.50 bits per heavy atom. The quantitative estimate of drug-likeness (QED) is 0.453. The molecule has 0 atom stereocenters. The zero-order valence-corrected chi connectivity index (χ0v) is 8.51. The topological polar surface area (TPSA) is 152 Å². The van der Waals surface area contributed by atoms with E-state index in [1.54, 1.807) is 0 Å². The summed E-state index contributed by atoms with van der Waals surface area (Å²) in [6, 6.07) is 0.508. The number of nitrogens with two attached hydrogens (primary N) is 1. The summed E-state index contributed by atoms with van der Waals surface area (Å²) < 4.78 is 30.1. The lowest BCUT2D eigenvalue weighted by Crippen LogP contribution is -2.26. The molecule has 0 radical (unpaired) electrons. The van der Waals surface area contributed by atoms with Gasteiger partial charge in [0.05, 0.1) is 6.54 Å². The van der Waals surface area contributed by atoms with Crippen LogP contribution in [0.3, 0.4) is 0 Å². The van der Waals surface area contributed by atoms with E-state index < -0.39 is 39.3 Å². The van der Waals surface area contributed by atoms with Gasteiger partial charge in [0.1, 0.15) is 0 Å². The molecule has 0 aliphatic heterocycles. The number of aromatic nitrogens is 1. The maximum absolute atomic E-state index is 10.7. The van der Waals surface area contributed by atoms with Crippen LogP contribution in [0, 0.1) is 0 Å². The summed E-state index contributed by atoms with van der Waals surface area (Å²) in [6.07, 6.45) is 0. The van der Waals surface area contributed by atoms with E-state index in [0.29, 0.717) is 6.07 Å². The van der Waals surface area contributed by atoms with Gasteiger partial charge < -0.3 is 20.8 Å². The highest BCUT2D eigenvalue weighted by Gasteiger charge is 2.25. The van der Waals surface area contributed by atoms with Gasteiger partial charge in [-0.1, -0.05) is 0 Å². The fraction of sp³-hybridized carbons (Fsp3) is 0.167. The second-order valence-electron chi connectivity index (χ2n) is 2.63. The summed E-state index contributed by atoms with van der Waals surface area (Å²) in [5.41, 5.74) is 4.89. The van der Waals surface area contributed by atoms with Crippen LogP contribution < -0.4 is 10.6 Å². The molecular formula is C6H8N2O7S. The fourth-order valence-electron chi connectivity index (χ4n) is 0.868. The van der Waals surface area contributed by atoms with Crippen LogP contribution in [-0.4, -0.2) is 40.4 Å². The molecule has 0 aromatic carbocycles. The molecule has 0 bridgehead atoms. The molecular weight excluding hydrogens is 244 g/mol. The first kappa shape index (κ1) is 12.3. The fourth-order valence-corrected chi connectivity index (χ4v) is 1.44. The number of rotatable bonds is 3. The van der Waals surface area contributed by atoms with Crippen LogP contribution >= 0.6 is 0 Å². The third-order valence-electron chi connectivity index (χ3n) is 1.52. The first-order valence-corrected chi connectivity index (χ1v) is 5.23.